The Labute approximate surface area is 96.8 Å². The average molecular weight is 227 g/mol. The maximum absolute atomic E-state index is 2.76. The zero-order chi connectivity index (χ0) is 11.5. The van der Waals surface area contributed by atoms with Crippen LogP contribution in [0.3, 0.4) is 0 Å². The number of fused-ring (bicyclic) bond motifs is 2. The zero-order valence-electron chi connectivity index (χ0n) is 11.1. The Hall–Kier alpha value is 0.390. The smallest absolute Gasteiger partial charge is 0.0147 e. The first-order valence-corrected chi connectivity index (χ1v) is 7.38. The normalized spacial score (nSPS) is 39.2. The van der Waals surface area contributed by atoms with Crippen molar-refractivity contribution >= 4 is 8.58 Å². The van der Waals surface area contributed by atoms with Crippen LogP contribution in [0.4, 0.5) is 0 Å². The predicted molar refractivity (Wildman–Crippen MR) is 70.2 cm³/mol. The maximum atomic E-state index is 2.76. The molecule has 0 aliphatic carbocycles. The second-order valence-electron chi connectivity index (χ2n) is 7.37. The molecular weight excluding hydrogens is 201 g/mol. The van der Waals surface area contributed by atoms with Gasteiger partial charge >= 0.3 is 0 Å². The van der Waals surface area contributed by atoms with E-state index in [0.717, 1.165) is 6.04 Å². The number of hydrogen-bond donors (Lipinski definition) is 0. The van der Waals surface area contributed by atoms with Crippen molar-refractivity contribution in [3.63, 3.8) is 0 Å². The molecule has 2 saturated heterocycles. The van der Waals surface area contributed by atoms with E-state index in [2.05, 4.69) is 46.4 Å². The molecule has 0 aromatic heterocycles. The molecule has 2 fully saturated rings. The van der Waals surface area contributed by atoms with Crippen LogP contribution in [0.15, 0.2) is 0 Å². The monoisotopic (exact) mass is 227 g/mol. The highest BCUT2D eigenvalue weighted by Gasteiger charge is 2.56. The number of rotatable bonds is 0. The second kappa shape index (κ2) is 3.20. The fourth-order valence-corrected chi connectivity index (χ4v) is 5.40. The lowest BCUT2D eigenvalue weighted by Crippen LogP contribution is -2.50. The first-order chi connectivity index (χ1) is 6.66. The third-order valence-corrected chi connectivity index (χ3v) is 6.90. The molecule has 2 heteroatoms. The minimum Gasteiger partial charge on any atom is -0.294 e. The van der Waals surface area contributed by atoms with Gasteiger partial charge in [-0.25, -0.2) is 0 Å². The molecule has 2 rings (SSSR count). The van der Waals surface area contributed by atoms with Gasteiger partial charge in [-0.1, -0.05) is 20.8 Å². The standard InChI is InChI=1S/C13H26NP/c1-11(2,3)13-7-10(8-15-13)14(9-13)12(4,5)6/h10,15H,7-9H2,1-6H3. The Bertz CT molecular complexity index is 261. The summed E-state index contributed by atoms with van der Waals surface area (Å²) in [6.07, 6.45) is 2.90. The van der Waals surface area contributed by atoms with Gasteiger partial charge in [-0.3, -0.25) is 4.90 Å². The third-order valence-electron chi connectivity index (χ3n) is 4.44. The minimum atomic E-state index is 0.364. The van der Waals surface area contributed by atoms with Gasteiger partial charge in [0.1, 0.15) is 0 Å². The summed E-state index contributed by atoms with van der Waals surface area (Å²) in [7, 11) is 1.19. The zero-order valence-corrected chi connectivity index (χ0v) is 12.1. The van der Waals surface area contributed by atoms with Crippen molar-refractivity contribution in [1.29, 1.82) is 0 Å². The molecule has 0 amide bonds. The van der Waals surface area contributed by atoms with Crippen LogP contribution in [-0.4, -0.2) is 34.3 Å². The molecule has 2 aliphatic heterocycles. The van der Waals surface area contributed by atoms with E-state index >= 15 is 0 Å². The van der Waals surface area contributed by atoms with Gasteiger partial charge in [0.05, 0.1) is 0 Å². The van der Waals surface area contributed by atoms with Crippen molar-refractivity contribution in [1.82, 2.24) is 4.90 Å². The highest BCUT2D eigenvalue weighted by Crippen LogP contribution is 2.60. The van der Waals surface area contributed by atoms with Gasteiger partial charge < -0.3 is 0 Å². The van der Waals surface area contributed by atoms with E-state index in [1.54, 1.807) is 0 Å². The van der Waals surface area contributed by atoms with Crippen LogP contribution in [0.5, 0.6) is 0 Å². The Morgan fingerprint density at radius 1 is 1.13 bits per heavy atom. The van der Waals surface area contributed by atoms with Gasteiger partial charge in [-0.05, 0) is 38.8 Å². The van der Waals surface area contributed by atoms with Gasteiger partial charge in [0.2, 0.25) is 0 Å². The molecule has 2 bridgehead atoms. The van der Waals surface area contributed by atoms with Crippen LogP contribution in [-0.2, 0) is 0 Å². The summed E-state index contributed by atoms with van der Waals surface area (Å²) in [5.74, 6) is 0. The van der Waals surface area contributed by atoms with Crippen molar-refractivity contribution in [3.05, 3.63) is 0 Å². The van der Waals surface area contributed by atoms with E-state index < -0.39 is 0 Å². The van der Waals surface area contributed by atoms with Gasteiger partial charge in [0.15, 0.2) is 0 Å². The van der Waals surface area contributed by atoms with Crippen molar-refractivity contribution in [2.45, 2.75) is 64.7 Å². The lowest BCUT2D eigenvalue weighted by atomic mass is 9.78. The third kappa shape index (κ3) is 1.76. The lowest BCUT2D eigenvalue weighted by Gasteiger charge is -2.46. The first kappa shape index (κ1) is 11.9. The van der Waals surface area contributed by atoms with Crippen LogP contribution in [0.25, 0.3) is 0 Å². The number of hydrogen-bond acceptors (Lipinski definition) is 1. The molecule has 15 heavy (non-hydrogen) atoms. The van der Waals surface area contributed by atoms with E-state index in [-0.39, 0.29) is 0 Å². The average Bonchev–Trinajstić information content (AvgIpc) is 2.57. The van der Waals surface area contributed by atoms with E-state index in [4.69, 9.17) is 0 Å². The molecular formula is C13H26NP. The van der Waals surface area contributed by atoms with E-state index in [0.29, 0.717) is 16.1 Å². The van der Waals surface area contributed by atoms with Crippen LogP contribution in [0.2, 0.25) is 0 Å². The molecule has 2 heterocycles. The van der Waals surface area contributed by atoms with E-state index in [1.807, 2.05) is 0 Å². The van der Waals surface area contributed by atoms with Crippen molar-refractivity contribution in [2.75, 3.05) is 12.7 Å². The first-order valence-electron chi connectivity index (χ1n) is 6.18. The predicted octanol–water partition coefficient (Wildman–Crippen LogP) is 3.34. The summed E-state index contributed by atoms with van der Waals surface area (Å²) in [4.78, 5) is 2.76. The summed E-state index contributed by atoms with van der Waals surface area (Å²) in [6.45, 7) is 15.8. The van der Waals surface area contributed by atoms with Crippen LogP contribution < -0.4 is 0 Å². The number of likely N-dealkylation sites (tertiary alicyclic amines) is 1. The van der Waals surface area contributed by atoms with Crippen LogP contribution >= 0.6 is 8.58 Å². The van der Waals surface area contributed by atoms with E-state index in [1.165, 1.54) is 27.7 Å². The molecule has 1 nitrogen and oxygen atoms in total. The minimum absolute atomic E-state index is 0.364. The quantitative estimate of drug-likeness (QED) is 0.574. The Balaban J connectivity index is 2.23. The molecule has 0 N–H and O–H groups in total. The SMILES string of the molecule is CC(C)(C)N1CC2(C(C)(C)C)CC1CP2. The summed E-state index contributed by atoms with van der Waals surface area (Å²) in [6, 6.07) is 0.877. The summed E-state index contributed by atoms with van der Waals surface area (Å²) in [5.41, 5.74) is 0.850. The Kier molecular flexibility index (Phi) is 2.53. The molecule has 0 saturated carbocycles. The molecule has 0 radical (unpaired) electrons. The highest BCUT2D eigenvalue weighted by atomic mass is 31.1. The van der Waals surface area contributed by atoms with Crippen molar-refractivity contribution in [3.8, 4) is 0 Å². The second-order valence-corrected chi connectivity index (χ2v) is 9.09. The topological polar surface area (TPSA) is 3.24 Å². The highest BCUT2D eigenvalue weighted by molar-refractivity contribution is 7.40. The van der Waals surface area contributed by atoms with E-state index in [9.17, 15) is 0 Å². The number of nitrogens with zero attached hydrogens (tertiary/aromatic N) is 1. The molecule has 0 aromatic carbocycles. The molecule has 0 aromatic rings. The fourth-order valence-electron chi connectivity index (χ4n) is 3.21. The Morgan fingerprint density at radius 2 is 1.73 bits per heavy atom. The summed E-state index contributed by atoms with van der Waals surface area (Å²) >= 11 is 0. The van der Waals surface area contributed by atoms with Gasteiger partial charge in [0.25, 0.3) is 0 Å². The van der Waals surface area contributed by atoms with Crippen LogP contribution in [0, 0.1) is 5.41 Å². The Morgan fingerprint density at radius 3 is 2.07 bits per heavy atom. The van der Waals surface area contributed by atoms with Crippen LogP contribution in [0.1, 0.15) is 48.0 Å². The molecule has 3 unspecified atom stereocenters. The van der Waals surface area contributed by atoms with Gasteiger partial charge in [-0.15, -0.1) is 8.58 Å². The fraction of sp³-hybridized carbons (Fsp3) is 1.00. The summed E-state index contributed by atoms with van der Waals surface area (Å²) in [5, 5.41) is 0.630. The largest absolute Gasteiger partial charge is 0.294 e. The van der Waals surface area contributed by atoms with Gasteiger partial charge in [-0.2, -0.15) is 0 Å². The molecule has 88 valence electrons. The van der Waals surface area contributed by atoms with Gasteiger partial charge in [0, 0.05) is 23.3 Å². The molecule has 2 aliphatic rings. The van der Waals surface area contributed by atoms with Crippen molar-refractivity contribution < 1.29 is 0 Å². The van der Waals surface area contributed by atoms with Crippen molar-refractivity contribution in [2.24, 2.45) is 5.41 Å². The molecule has 0 spiro atoms. The maximum Gasteiger partial charge on any atom is 0.0147 e. The molecule has 3 atom stereocenters. The lowest BCUT2D eigenvalue weighted by molar-refractivity contribution is 0.118. The summed E-state index contributed by atoms with van der Waals surface area (Å²) < 4.78 is 0.